The van der Waals surface area contributed by atoms with Crippen molar-refractivity contribution in [1.82, 2.24) is 10.2 Å². The maximum Gasteiger partial charge on any atom is 0.257 e. The van der Waals surface area contributed by atoms with Crippen molar-refractivity contribution in [2.24, 2.45) is 10.4 Å². The molecule has 144 valence electrons. The van der Waals surface area contributed by atoms with Crippen molar-refractivity contribution in [1.29, 1.82) is 0 Å². The number of hydrogen-bond donors (Lipinski definition) is 1. The van der Waals surface area contributed by atoms with E-state index in [2.05, 4.69) is 37.2 Å². The molecule has 0 saturated carbocycles. The zero-order valence-corrected chi connectivity index (χ0v) is 17.5. The second kappa shape index (κ2) is 7.43. The van der Waals surface area contributed by atoms with E-state index < -0.39 is 0 Å². The second-order valence-electron chi connectivity index (χ2n) is 8.06. The summed E-state index contributed by atoms with van der Waals surface area (Å²) in [5.74, 6) is 0.684. The Balaban J connectivity index is 1.70. The minimum absolute atomic E-state index is 0.0188. The average molecular weight is 386 g/mol. The van der Waals surface area contributed by atoms with Crippen molar-refractivity contribution in [3.8, 4) is 0 Å². The van der Waals surface area contributed by atoms with Gasteiger partial charge in [-0.15, -0.1) is 11.3 Å². The van der Waals surface area contributed by atoms with Crippen LogP contribution in [0.2, 0.25) is 0 Å². The number of allylic oxidation sites excluding steroid dienone is 2. The predicted octanol–water partition coefficient (Wildman–Crippen LogP) is 4.06. The van der Waals surface area contributed by atoms with Gasteiger partial charge in [0, 0.05) is 39.9 Å². The number of nitrogens with one attached hydrogen (secondary N) is 1. The first-order valence-electron chi connectivity index (χ1n) is 9.31. The maximum atomic E-state index is 12.8. The van der Waals surface area contributed by atoms with E-state index in [1.165, 1.54) is 0 Å². The molecule has 2 aliphatic heterocycles. The molecule has 2 amide bonds. The number of thiophene rings is 1. The van der Waals surface area contributed by atoms with Crippen LogP contribution < -0.4 is 5.32 Å². The molecule has 0 unspecified atom stereocenters. The second-order valence-corrected chi connectivity index (χ2v) is 9.02. The molecule has 0 spiro atoms. The zero-order valence-electron chi connectivity index (χ0n) is 16.7. The molecule has 1 aromatic heterocycles. The molecular weight excluding hydrogens is 358 g/mol. The lowest BCUT2D eigenvalue weighted by molar-refractivity contribution is -0.127. The summed E-state index contributed by atoms with van der Waals surface area (Å²) in [5, 5.41) is 4.88. The Bertz CT molecular complexity index is 868. The van der Waals surface area contributed by atoms with Crippen LogP contribution in [-0.4, -0.2) is 29.1 Å². The topological polar surface area (TPSA) is 61.8 Å². The lowest BCUT2D eigenvalue weighted by Gasteiger charge is -2.27. The van der Waals surface area contributed by atoms with Crippen LogP contribution in [0.25, 0.3) is 0 Å². The van der Waals surface area contributed by atoms with Gasteiger partial charge in [0.15, 0.2) is 0 Å². The number of fused-ring (bicyclic) bond motifs is 1. The summed E-state index contributed by atoms with van der Waals surface area (Å²) >= 11 is 1.56. The highest BCUT2D eigenvalue weighted by atomic mass is 32.1. The van der Waals surface area contributed by atoms with Crippen LogP contribution in [-0.2, 0) is 17.8 Å². The van der Waals surface area contributed by atoms with E-state index in [1.807, 2.05) is 30.2 Å². The van der Waals surface area contributed by atoms with Gasteiger partial charge < -0.3 is 10.2 Å². The Morgan fingerprint density at radius 2 is 2.07 bits per heavy atom. The van der Waals surface area contributed by atoms with Gasteiger partial charge in [0.25, 0.3) is 5.91 Å². The molecule has 0 aliphatic carbocycles. The molecule has 6 heteroatoms. The standard InChI is InChI=1S/C21H27N3O2S/c1-6-13(2)20(26)24-10-9-14-15(12-27-16(14)11-24)19(25)23-18-8-7-17(22-18)21(3,4)5/h6-7,12H,8-11H2,1-5H3,(H,22,23,25)/b13-6+. The summed E-state index contributed by atoms with van der Waals surface area (Å²) < 4.78 is 0. The zero-order chi connectivity index (χ0) is 19.8. The normalized spacial score (nSPS) is 17.4. The van der Waals surface area contributed by atoms with Crippen LogP contribution in [0.15, 0.2) is 33.8 Å². The summed E-state index contributed by atoms with van der Waals surface area (Å²) in [7, 11) is 0. The third kappa shape index (κ3) is 4.05. The molecule has 0 radical (unpaired) electrons. The summed E-state index contributed by atoms with van der Waals surface area (Å²) in [5.41, 5.74) is 3.54. The van der Waals surface area contributed by atoms with Crippen molar-refractivity contribution in [3.63, 3.8) is 0 Å². The van der Waals surface area contributed by atoms with E-state index >= 15 is 0 Å². The van der Waals surface area contributed by atoms with E-state index in [0.717, 1.165) is 27.3 Å². The third-order valence-corrected chi connectivity index (χ3v) is 6.03. The van der Waals surface area contributed by atoms with Gasteiger partial charge in [-0.1, -0.05) is 32.9 Å². The molecular formula is C21H27N3O2S. The van der Waals surface area contributed by atoms with Crippen molar-refractivity contribution in [3.05, 3.63) is 44.8 Å². The summed E-state index contributed by atoms with van der Waals surface area (Å²) in [6.45, 7) is 11.3. The Labute approximate surface area is 164 Å². The van der Waals surface area contributed by atoms with Crippen molar-refractivity contribution in [2.75, 3.05) is 6.54 Å². The van der Waals surface area contributed by atoms with Gasteiger partial charge in [-0.05, 0) is 25.8 Å². The maximum absolute atomic E-state index is 12.8. The quantitative estimate of drug-likeness (QED) is 0.781. The number of rotatable bonds is 2. The average Bonchev–Trinajstić information content (AvgIpc) is 3.26. The number of amidine groups is 1. The smallest absolute Gasteiger partial charge is 0.257 e. The summed E-state index contributed by atoms with van der Waals surface area (Å²) in [6, 6.07) is 0. The van der Waals surface area contributed by atoms with Gasteiger partial charge in [-0.25, -0.2) is 4.99 Å². The Hall–Kier alpha value is -2.21. The van der Waals surface area contributed by atoms with Crippen molar-refractivity contribution in [2.45, 2.75) is 54.0 Å². The lowest BCUT2D eigenvalue weighted by Crippen LogP contribution is -2.37. The van der Waals surface area contributed by atoms with Crippen molar-refractivity contribution >= 4 is 29.0 Å². The molecule has 0 atom stereocenters. The van der Waals surface area contributed by atoms with Gasteiger partial charge in [0.1, 0.15) is 5.84 Å². The van der Waals surface area contributed by atoms with E-state index in [0.29, 0.717) is 31.8 Å². The molecule has 3 heterocycles. The molecule has 1 aromatic rings. The van der Waals surface area contributed by atoms with Crippen LogP contribution in [0, 0.1) is 5.41 Å². The Morgan fingerprint density at radius 3 is 2.70 bits per heavy atom. The largest absolute Gasteiger partial charge is 0.333 e. The van der Waals surface area contributed by atoms with Gasteiger partial charge in [-0.3, -0.25) is 9.59 Å². The number of carbonyl (C=O) groups is 2. The fraction of sp³-hybridized carbons (Fsp3) is 0.476. The lowest BCUT2D eigenvalue weighted by atomic mass is 9.92. The molecule has 0 fully saturated rings. The van der Waals surface area contributed by atoms with Crippen LogP contribution in [0.3, 0.4) is 0 Å². The third-order valence-electron chi connectivity index (χ3n) is 5.02. The number of aliphatic imine (C=N–C) groups is 1. The minimum atomic E-state index is -0.0979. The first-order valence-corrected chi connectivity index (χ1v) is 10.2. The molecule has 1 N–H and O–H groups in total. The number of nitrogens with zero attached hydrogens (tertiary/aromatic N) is 2. The van der Waals surface area contributed by atoms with Crippen LogP contribution in [0.1, 0.15) is 61.8 Å². The monoisotopic (exact) mass is 385 g/mol. The molecule has 3 rings (SSSR count). The van der Waals surface area contributed by atoms with Gasteiger partial charge in [0.05, 0.1) is 12.1 Å². The fourth-order valence-electron chi connectivity index (χ4n) is 3.25. The molecule has 2 aliphatic rings. The van der Waals surface area contributed by atoms with Gasteiger partial charge in [0.2, 0.25) is 5.91 Å². The molecule has 0 saturated heterocycles. The van der Waals surface area contributed by atoms with Gasteiger partial charge >= 0.3 is 0 Å². The molecule has 0 bridgehead atoms. The SMILES string of the molecule is C/C=C(\C)C(=O)N1CCc2c(C(=O)NC3=NC(C(C)(C)C)=CC3)csc2C1. The number of carbonyl (C=O) groups excluding carboxylic acids is 2. The summed E-state index contributed by atoms with van der Waals surface area (Å²) in [4.78, 5) is 32.7. The summed E-state index contributed by atoms with van der Waals surface area (Å²) in [6.07, 6.45) is 5.29. The Kier molecular flexibility index (Phi) is 5.38. The highest BCUT2D eigenvalue weighted by Gasteiger charge is 2.28. The Morgan fingerprint density at radius 1 is 1.33 bits per heavy atom. The molecule has 0 aromatic carbocycles. The highest BCUT2D eigenvalue weighted by molar-refractivity contribution is 7.10. The molecule has 27 heavy (non-hydrogen) atoms. The van der Waals surface area contributed by atoms with E-state index in [4.69, 9.17) is 0 Å². The number of hydrogen-bond acceptors (Lipinski definition) is 4. The first-order chi connectivity index (χ1) is 12.7. The van der Waals surface area contributed by atoms with Gasteiger partial charge in [-0.2, -0.15) is 0 Å². The van der Waals surface area contributed by atoms with Crippen LogP contribution in [0.5, 0.6) is 0 Å². The first kappa shape index (κ1) is 19.5. The van der Waals surface area contributed by atoms with Crippen LogP contribution in [0.4, 0.5) is 0 Å². The minimum Gasteiger partial charge on any atom is -0.333 e. The van der Waals surface area contributed by atoms with Crippen molar-refractivity contribution < 1.29 is 9.59 Å². The predicted molar refractivity (Wildman–Crippen MR) is 110 cm³/mol. The van der Waals surface area contributed by atoms with E-state index in [1.54, 1.807) is 11.3 Å². The van der Waals surface area contributed by atoms with E-state index in [-0.39, 0.29) is 17.2 Å². The number of amides is 2. The fourth-order valence-corrected chi connectivity index (χ4v) is 4.34. The highest BCUT2D eigenvalue weighted by Crippen LogP contribution is 2.31. The van der Waals surface area contributed by atoms with Crippen LogP contribution >= 0.6 is 11.3 Å². The molecule has 5 nitrogen and oxygen atoms in total. The van der Waals surface area contributed by atoms with E-state index in [9.17, 15) is 9.59 Å².